The lowest BCUT2D eigenvalue weighted by molar-refractivity contribution is -0.122. The SMILES string of the molecule is CCC(=O)N[C@@H]1CCN(CCc2ccccc2)C[C@@H]1C. The van der Waals surface area contributed by atoms with E-state index in [-0.39, 0.29) is 5.91 Å². The quantitative estimate of drug-likeness (QED) is 0.894. The molecule has 1 amide bonds. The van der Waals surface area contributed by atoms with Crippen LogP contribution in [-0.2, 0) is 11.2 Å². The molecule has 1 N–H and O–H groups in total. The molecule has 0 spiro atoms. The molecule has 1 aromatic rings. The molecule has 1 saturated heterocycles. The summed E-state index contributed by atoms with van der Waals surface area (Å²) in [5.41, 5.74) is 1.40. The van der Waals surface area contributed by atoms with Gasteiger partial charge in [0.1, 0.15) is 0 Å². The third-order valence-electron chi connectivity index (χ3n) is 4.22. The van der Waals surface area contributed by atoms with Gasteiger partial charge in [0.15, 0.2) is 0 Å². The van der Waals surface area contributed by atoms with Gasteiger partial charge >= 0.3 is 0 Å². The summed E-state index contributed by atoms with van der Waals surface area (Å²) < 4.78 is 0. The molecule has 0 unspecified atom stereocenters. The summed E-state index contributed by atoms with van der Waals surface area (Å²) in [6.07, 6.45) is 2.77. The van der Waals surface area contributed by atoms with Crippen LogP contribution in [0.15, 0.2) is 30.3 Å². The summed E-state index contributed by atoms with van der Waals surface area (Å²) in [5, 5.41) is 3.15. The fraction of sp³-hybridized carbons (Fsp3) is 0.588. The first kappa shape index (κ1) is 15.0. The Kier molecular flexibility index (Phi) is 5.60. The molecule has 0 aliphatic carbocycles. The zero-order valence-corrected chi connectivity index (χ0v) is 12.6. The van der Waals surface area contributed by atoms with Crippen molar-refractivity contribution in [2.75, 3.05) is 19.6 Å². The average Bonchev–Trinajstić information content (AvgIpc) is 2.48. The normalized spacial score (nSPS) is 23.5. The number of benzene rings is 1. The molecule has 1 aliphatic rings. The first-order valence-corrected chi connectivity index (χ1v) is 7.74. The van der Waals surface area contributed by atoms with Crippen LogP contribution < -0.4 is 5.32 Å². The molecule has 0 radical (unpaired) electrons. The fourth-order valence-electron chi connectivity index (χ4n) is 2.89. The van der Waals surface area contributed by atoms with E-state index < -0.39 is 0 Å². The molecule has 0 aromatic heterocycles. The van der Waals surface area contributed by atoms with Gasteiger partial charge in [0, 0.05) is 32.1 Å². The zero-order chi connectivity index (χ0) is 14.4. The highest BCUT2D eigenvalue weighted by Gasteiger charge is 2.26. The highest BCUT2D eigenvalue weighted by Crippen LogP contribution is 2.17. The van der Waals surface area contributed by atoms with Crippen molar-refractivity contribution < 1.29 is 4.79 Å². The molecule has 2 rings (SSSR count). The molecule has 1 fully saturated rings. The predicted molar refractivity (Wildman–Crippen MR) is 82.6 cm³/mol. The van der Waals surface area contributed by atoms with Crippen molar-refractivity contribution in [2.24, 2.45) is 5.92 Å². The van der Waals surface area contributed by atoms with E-state index in [0.717, 1.165) is 32.5 Å². The summed E-state index contributed by atoms with van der Waals surface area (Å²) in [6.45, 7) is 7.44. The van der Waals surface area contributed by atoms with Gasteiger partial charge in [-0.05, 0) is 24.3 Å². The van der Waals surface area contributed by atoms with Gasteiger partial charge in [0.25, 0.3) is 0 Å². The molecular formula is C17H26N2O. The molecule has 1 aromatic carbocycles. The monoisotopic (exact) mass is 274 g/mol. The second-order valence-corrected chi connectivity index (χ2v) is 5.83. The van der Waals surface area contributed by atoms with Crippen LogP contribution in [0, 0.1) is 5.92 Å². The van der Waals surface area contributed by atoms with Crippen LogP contribution in [-0.4, -0.2) is 36.5 Å². The number of hydrogen-bond donors (Lipinski definition) is 1. The summed E-state index contributed by atoms with van der Waals surface area (Å²) in [6, 6.07) is 11.0. The van der Waals surface area contributed by atoms with Gasteiger partial charge in [-0.25, -0.2) is 0 Å². The number of nitrogens with one attached hydrogen (secondary N) is 1. The third kappa shape index (κ3) is 4.34. The third-order valence-corrected chi connectivity index (χ3v) is 4.22. The first-order chi connectivity index (χ1) is 9.69. The Labute approximate surface area is 122 Å². The van der Waals surface area contributed by atoms with Crippen molar-refractivity contribution >= 4 is 5.91 Å². The number of carbonyl (C=O) groups is 1. The molecule has 3 nitrogen and oxygen atoms in total. The van der Waals surface area contributed by atoms with Crippen LogP contribution in [0.4, 0.5) is 0 Å². The second kappa shape index (κ2) is 7.44. The van der Waals surface area contributed by atoms with Crippen LogP contribution in [0.25, 0.3) is 0 Å². The van der Waals surface area contributed by atoms with Crippen molar-refractivity contribution in [2.45, 2.75) is 39.2 Å². The smallest absolute Gasteiger partial charge is 0.219 e. The van der Waals surface area contributed by atoms with Crippen molar-refractivity contribution in [3.8, 4) is 0 Å². The maximum atomic E-state index is 11.5. The summed E-state index contributed by atoms with van der Waals surface area (Å²) in [5.74, 6) is 0.717. The molecule has 20 heavy (non-hydrogen) atoms. The largest absolute Gasteiger partial charge is 0.353 e. The average molecular weight is 274 g/mol. The topological polar surface area (TPSA) is 32.3 Å². The Bertz CT molecular complexity index is 418. The Hall–Kier alpha value is -1.35. The number of likely N-dealkylation sites (tertiary alicyclic amines) is 1. The molecular weight excluding hydrogens is 248 g/mol. The predicted octanol–water partition coefficient (Wildman–Crippen LogP) is 2.47. The van der Waals surface area contributed by atoms with Gasteiger partial charge in [-0.15, -0.1) is 0 Å². The first-order valence-electron chi connectivity index (χ1n) is 7.74. The fourth-order valence-corrected chi connectivity index (χ4v) is 2.89. The van der Waals surface area contributed by atoms with E-state index in [0.29, 0.717) is 18.4 Å². The Morgan fingerprint density at radius 1 is 1.35 bits per heavy atom. The highest BCUT2D eigenvalue weighted by molar-refractivity contribution is 5.75. The molecule has 110 valence electrons. The maximum Gasteiger partial charge on any atom is 0.219 e. The Morgan fingerprint density at radius 3 is 2.75 bits per heavy atom. The number of nitrogens with zero attached hydrogens (tertiary/aromatic N) is 1. The van der Waals surface area contributed by atoms with Gasteiger partial charge in [0.05, 0.1) is 0 Å². The molecule has 2 atom stereocenters. The van der Waals surface area contributed by atoms with Crippen molar-refractivity contribution in [1.82, 2.24) is 10.2 Å². The Balaban J connectivity index is 1.76. The number of rotatable bonds is 5. The van der Waals surface area contributed by atoms with E-state index in [9.17, 15) is 4.79 Å². The van der Waals surface area contributed by atoms with E-state index in [1.165, 1.54) is 5.56 Å². The number of carbonyl (C=O) groups excluding carboxylic acids is 1. The minimum Gasteiger partial charge on any atom is -0.353 e. The van der Waals surface area contributed by atoms with Gasteiger partial charge in [-0.1, -0.05) is 44.2 Å². The van der Waals surface area contributed by atoms with Gasteiger partial charge in [0.2, 0.25) is 5.91 Å². The van der Waals surface area contributed by atoms with E-state index in [4.69, 9.17) is 0 Å². The molecule has 1 heterocycles. The van der Waals surface area contributed by atoms with E-state index in [1.54, 1.807) is 0 Å². The van der Waals surface area contributed by atoms with Gasteiger partial charge in [-0.3, -0.25) is 4.79 Å². The summed E-state index contributed by atoms with van der Waals surface area (Å²) in [7, 11) is 0. The number of piperidine rings is 1. The van der Waals surface area contributed by atoms with Crippen molar-refractivity contribution in [3.05, 3.63) is 35.9 Å². The standard InChI is InChI=1S/C17H26N2O/c1-3-17(20)18-16-10-12-19(13-14(16)2)11-9-15-7-5-4-6-8-15/h4-8,14,16H,3,9-13H2,1-2H3,(H,18,20)/t14-,16+/m0/s1. The van der Waals surface area contributed by atoms with E-state index in [2.05, 4.69) is 47.5 Å². The summed E-state index contributed by atoms with van der Waals surface area (Å²) in [4.78, 5) is 14.0. The lowest BCUT2D eigenvalue weighted by Crippen LogP contribution is -2.50. The molecule has 3 heteroatoms. The lowest BCUT2D eigenvalue weighted by Gasteiger charge is -2.37. The highest BCUT2D eigenvalue weighted by atomic mass is 16.1. The molecule has 0 saturated carbocycles. The Morgan fingerprint density at radius 2 is 2.10 bits per heavy atom. The van der Waals surface area contributed by atoms with Crippen LogP contribution >= 0.6 is 0 Å². The van der Waals surface area contributed by atoms with Crippen LogP contribution in [0.1, 0.15) is 32.3 Å². The van der Waals surface area contributed by atoms with Gasteiger partial charge < -0.3 is 10.2 Å². The van der Waals surface area contributed by atoms with Crippen molar-refractivity contribution in [1.29, 1.82) is 0 Å². The molecule has 0 bridgehead atoms. The van der Waals surface area contributed by atoms with Crippen molar-refractivity contribution in [3.63, 3.8) is 0 Å². The van der Waals surface area contributed by atoms with E-state index >= 15 is 0 Å². The molecule has 1 aliphatic heterocycles. The minimum absolute atomic E-state index is 0.180. The van der Waals surface area contributed by atoms with Crippen LogP contribution in [0.3, 0.4) is 0 Å². The van der Waals surface area contributed by atoms with Crippen LogP contribution in [0.2, 0.25) is 0 Å². The number of amides is 1. The van der Waals surface area contributed by atoms with Gasteiger partial charge in [-0.2, -0.15) is 0 Å². The lowest BCUT2D eigenvalue weighted by atomic mass is 9.93. The van der Waals surface area contributed by atoms with E-state index in [1.807, 2.05) is 6.92 Å². The maximum absolute atomic E-state index is 11.5. The zero-order valence-electron chi connectivity index (χ0n) is 12.6. The number of hydrogen-bond acceptors (Lipinski definition) is 2. The minimum atomic E-state index is 0.180. The van der Waals surface area contributed by atoms with Crippen LogP contribution in [0.5, 0.6) is 0 Å². The second-order valence-electron chi connectivity index (χ2n) is 5.83. The summed E-state index contributed by atoms with van der Waals surface area (Å²) >= 11 is 0.